The number of hydrogen-bond donors (Lipinski definition) is 2. The number of urea groups is 1. The van der Waals surface area contributed by atoms with Gasteiger partial charge in [0.1, 0.15) is 40.2 Å². The number of piperidine rings is 1. The first-order valence-electron chi connectivity index (χ1n) is 20.6. The number of terminal acetylenes is 1. The van der Waals surface area contributed by atoms with Gasteiger partial charge in [0, 0.05) is 75.3 Å². The maximum atomic E-state index is 17.4. The zero-order chi connectivity index (χ0) is 40.8. The average molecular weight is 815 g/mol. The van der Waals surface area contributed by atoms with Gasteiger partial charge in [0.2, 0.25) is 5.88 Å². The van der Waals surface area contributed by atoms with Crippen molar-refractivity contribution in [2.24, 2.45) is 5.41 Å². The molecule has 4 saturated heterocycles. The Hall–Kier alpha value is -5.11. The minimum atomic E-state index is -0.857. The number of aromatic hydroxyl groups is 1. The van der Waals surface area contributed by atoms with Crippen molar-refractivity contribution < 1.29 is 37.3 Å². The highest BCUT2D eigenvalue weighted by Gasteiger charge is 2.46. The van der Waals surface area contributed by atoms with Crippen LogP contribution in [0, 0.1) is 29.4 Å². The van der Waals surface area contributed by atoms with Gasteiger partial charge in [-0.25, -0.2) is 22.9 Å². The molecule has 2 amide bonds. The topological polar surface area (TPSA) is 129 Å². The van der Waals surface area contributed by atoms with Crippen molar-refractivity contribution in [2.75, 3.05) is 90.7 Å². The summed E-state index contributed by atoms with van der Waals surface area (Å²) < 4.78 is 64.1. The standard InChI is InChI=1S/C43H49F3N8O5/c1-3-31-33(45)7-4-26-20-30(55)21-32(34(26)31)37-36(46)38-35(40(48-37)57-2)39(50-41(49-38)59-25-43(10-11-43)24-52-13-8-27(44)9-14-52)53-22-28-5-6-29(23-53)54(28)42(56)47-12-15-51-16-18-58-19-17-51/h1,4,7,20-21,27-29,55H,5-6,8-19,22-25H2,2H3,(H,47,56). The van der Waals surface area contributed by atoms with Gasteiger partial charge < -0.3 is 39.3 Å². The second-order valence-corrected chi connectivity index (χ2v) is 16.6. The number of morpholine rings is 1. The molecule has 6 heterocycles. The first-order valence-corrected chi connectivity index (χ1v) is 20.6. The third-order valence-electron chi connectivity index (χ3n) is 12.7. The van der Waals surface area contributed by atoms with E-state index >= 15 is 8.78 Å². The number of rotatable bonds is 11. The van der Waals surface area contributed by atoms with Crippen molar-refractivity contribution in [3.05, 3.63) is 41.5 Å². The Kier molecular flexibility index (Phi) is 10.8. The number of halogens is 3. The number of alkyl halides is 1. The lowest BCUT2D eigenvalue weighted by Gasteiger charge is -2.41. The van der Waals surface area contributed by atoms with Crippen molar-refractivity contribution >= 4 is 33.5 Å². The molecule has 59 heavy (non-hydrogen) atoms. The van der Waals surface area contributed by atoms with Crippen molar-refractivity contribution in [3.63, 3.8) is 0 Å². The van der Waals surface area contributed by atoms with Crippen LogP contribution in [0.4, 0.5) is 23.8 Å². The molecule has 5 aliphatic rings. The predicted molar refractivity (Wildman–Crippen MR) is 216 cm³/mol. The van der Waals surface area contributed by atoms with E-state index in [1.807, 2.05) is 9.80 Å². The molecule has 0 radical (unpaired) electrons. The smallest absolute Gasteiger partial charge is 0.319 e. The molecular weight excluding hydrogens is 766 g/mol. The molecule has 2 aromatic carbocycles. The van der Waals surface area contributed by atoms with E-state index in [2.05, 4.69) is 31.0 Å². The number of fused-ring (bicyclic) bond motifs is 4. The fourth-order valence-corrected chi connectivity index (χ4v) is 9.40. The molecule has 2 N–H and O–H groups in total. The van der Waals surface area contributed by atoms with E-state index in [1.165, 1.54) is 31.4 Å². The molecule has 9 rings (SSSR count). The Morgan fingerprint density at radius 3 is 2.46 bits per heavy atom. The molecule has 2 unspecified atom stereocenters. The predicted octanol–water partition coefficient (Wildman–Crippen LogP) is 5.11. The number of nitrogens with zero attached hydrogens (tertiary/aromatic N) is 7. The van der Waals surface area contributed by atoms with E-state index in [4.69, 9.17) is 25.6 Å². The Morgan fingerprint density at radius 1 is 1.02 bits per heavy atom. The Bertz CT molecular complexity index is 2280. The summed E-state index contributed by atoms with van der Waals surface area (Å²) in [6, 6.07) is 4.98. The fraction of sp³-hybridized carbons (Fsp3) is 0.535. The second kappa shape index (κ2) is 16.2. The minimum absolute atomic E-state index is 0.0127. The number of hydrogen-bond acceptors (Lipinski definition) is 11. The average Bonchev–Trinajstić information content (AvgIpc) is 3.96. The molecule has 312 valence electrons. The number of amides is 2. The van der Waals surface area contributed by atoms with E-state index < -0.39 is 17.8 Å². The number of methoxy groups -OCH3 is 1. The molecule has 0 spiro atoms. The largest absolute Gasteiger partial charge is 0.508 e. The van der Waals surface area contributed by atoms with E-state index in [0.29, 0.717) is 70.0 Å². The number of phenols is 1. The monoisotopic (exact) mass is 814 g/mol. The summed E-state index contributed by atoms with van der Waals surface area (Å²) in [6.07, 6.45) is 9.47. The number of ether oxygens (including phenoxy) is 3. The first kappa shape index (κ1) is 39.4. The molecular formula is C43H49F3N8O5. The maximum Gasteiger partial charge on any atom is 0.319 e. The van der Waals surface area contributed by atoms with Gasteiger partial charge in [0.15, 0.2) is 5.82 Å². The Labute approximate surface area is 340 Å². The zero-order valence-corrected chi connectivity index (χ0v) is 33.2. The van der Waals surface area contributed by atoms with Crippen molar-refractivity contribution in [1.29, 1.82) is 0 Å². The summed E-state index contributed by atoms with van der Waals surface area (Å²) in [7, 11) is 1.41. The SMILES string of the molecule is C#Cc1c(F)ccc2cc(O)cc(-c3nc(OC)c4c(N5CC6CCC(C5)N6C(=O)NCCN5CCOCC5)nc(OCC5(CN6CCC(F)CC6)CC5)nc4c3F)c12. The highest BCUT2D eigenvalue weighted by atomic mass is 19.1. The molecule has 2 atom stereocenters. The molecule has 2 aromatic heterocycles. The summed E-state index contributed by atoms with van der Waals surface area (Å²) in [5, 5.41) is 14.7. The molecule has 4 aliphatic heterocycles. The minimum Gasteiger partial charge on any atom is -0.508 e. The van der Waals surface area contributed by atoms with Crippen LogP contribution in [0.1, 0.15) is 44.1 Å². The van der Waals surface area contributed by atoms with Crippen LogP contribution in [-0.4, -0.2) is 145 Å². The molecule has 16 heteroatoms. The quantitative estimate of drug-likeness (QED) is 0.196. The van der Waals surface area contributed by atoms with Crippen LogP contribution in [0.3, 0.4) is 0 Å². The molecule has 5 fully saturated rings. The van der Waals surface area contributed by atoms with Crippen LogP contribution in [-0.2, 0) is 4.74 Å². The molecule has 4 aromatic rings. The van der Waals surface area contributed by atoms with Crippen LogP contribution in [0.2, 0.25) is 0 Å². The molecule has 2 bridgehead atoms. The van der Waals surface area contributed by atoms with Crippen LogP contribution < -0.4 is 19.7 Å². The highest BCUT2D eigenvalue weighted by molar-refractivity contribution is 6.04. The normalized spacial score (nSPS) is 22.2. The number of carbonyl (C=O) groups is 1. The summed E-state index contributed by atoms with van der Waals surface area (Å²) >= 11 is 0. The summed E-state index contributed by atoms with van der Waals surface area (Å²) in [4.78, 5) is 36.4. The second-order valence-electron chi connectivity index (χ2n) is 16.6. The lowest BCUT2D eigenvalue weighted by molar-refractivity contribution is 0.0385. The number of nitrogens with one attached hydrogen (secondary N) is 1. The number of likely N-dealkylation sites (tertiary alicyclic amines) is 1. The van der Waals surface area contributed by atoms with Gasteiger partial charge in [0.25, 0.3) is 0 Å². The lowest BCUT2D eigenvalue weighted by Crippen LogP contribution is -2.59. The first-order chi connectivity index (χ1) is 28.6. The summed E-state index contributed by atoms with van der Waals surface area (Å²) in [5.74, 6) is 1.02. The number of anilines is 1. The number of phenolic OH excluding ortho intramolecular Hbond substituents is 1. The van der Waals surface area contributed by atoms with Crippen LogP contribution >= 0.6 is 0 Å². The number of piperazine rings is 1. The van der Waals surface area contributed by atoms with Gasteiger partial charge in [-0.1, -0.05) is 12.0 Å². The van der Waals surface area contributed by atoms with Gasteiger partial charge in [-0.2, -0.15) is 9.97 Å². The van der Waals surface area contributed by atoms with Crippen LogP contribution in [0.25, 0.3) is 32.9 Å². The van der Waals surface area contributed by atoms with Gasteiger partial charge in [-0.15, -0.1) is 6.42 Å². The summed E-state index contributed by atoms with van der Waals surface area (Å²) in [5.41, 5.74) is -0.576. The van der Waals surface area contributed by atoms with Gasteiger partial charge in [-0.05, 0) is 62.1 Å². The third-order valence-corrected chi connectivity index (χ3v) is 12.7. The van der Waals surface area contributed by atoms with E-state index in [9.17, 15) is 14.3 Å². The Balaban J connectivity index is 1.07. The van der Waals surface area contributed by atoms with Crippen molar-refractivity contribution in [2.45, 2.75) is 56.8 Å². The van der Waals surface area contributed by atoms with Crippen molar-refractivity contribution in [1.82, 2.24) is 35.0 Å². The number of pyridine rings is 1. The van der Waals surface area contributed by atoms with Crippen molar-refractivity contribution in [3.8, 4) is 41.2 Å². The van der Waals surface area contributed by atoms with Crippen LogP contribution in [0.15, 0.2) is 24.3 Å². The number of aromatic nitrogens is 3. The molecule has 13 nitrogen and oxygen atoms in total. The van der Waals surface area contributed by atoms with Gasteiger partial charge in [0.05, 0.1) is 44.6 Å². The number of carbonyl (C=O) groups excluding carboxylic acids is 1. The highest BCUT2D eigenvalue weighted by Crippen LogP contribution is 2.48. The fourth-order valence-electron chi connectivity index (χ4n) is 9.40. The summed E-state index contributed by atoms with van der Waals surface area (Å²) in [6.45, 7) is 7.60. The van der Waals surface area contributed by atoms with Crippen LogP contribution in [0.5, 0.6) is 17.6 Å². The van der Waals surface area contributed by atoms with Gasteiger partial charge in [-0.3, -0.25) is 4.90 Å². The zero-order valence-electron chi connectivity index (χ0n) is 33.2. The molecule has 1 saturated carbocycles. The van der Waals surface area contributed by atoms with E-state index in [1.54, 1.807) is 0 Å². The number of benzene rings is 2. The van der Waals surface area contributed by atoms with Gasteiger partial charge >= 0.3 is 12.0 Å². The third kappa shape index (κ3) is 7.76. The molecule has 1 aliphatic carbocycles. The maximum absolute atomic E-state index is 17.4. The lowest BCUT2D eigenvalue weighted by atomic mass is 9.95. The van der Waals surface area contributed by atoms with E-state index in [0.717, 1.165) is 51.9 Å². The Morgan fingerprint density at radius 2 is 1.76 bits per heavy atom. The van der Waals surface area contributed by atoms with E-state index in [-0.39, 0.29) is 80.9 Å².